The van der Waals surface area contributed by atoms with Gasteiger partial charge in [-0.25, -0.2) is 0 Å². The third kappa shape index (κ3) is 4.44. The van der Waals surface area contributed by atoms with Crippen molar-refractivity contribution in [1.82, 2.24) is 4.90 Å². The predicted octanol–water partition coefficient (Wildman–Crippen LogP) is 4.50. The van der Waals surface area contributed by atoms with Gasteiger partial charge in [-0.05, 0) is 50.3 Å². The SMILES string of the molecule is CC1CCCN(C(=O)C(C)(C)C(=O)N(Cc2ccccc2)c2ccccc2)C1. The van der Waals surface area contributed by atoms with Crippen molar-refractivity contribution in [3.8, 4) is 0 Å². The number of rotatable bonds is 5. The number of para-hydroxylation sites is 1. The van der Waals surface area contributed by atoms with E-state index in [1.54, 1.807) is 18.7 Å². The summed E-state index contributed by atoms with van der Waals surface area (Å²) >= 11 is 0. The van der Waals surface area contributed by atoms with E-state index in [0.717, 1.165) is 37.2 Å². The number of nitrogens with zero attached hydrogens (tertiary/aromatic N) is 2. The summed E-state index contributed by atoms with van der Waals surface area (Å²) in [4.78, 5) is 30.5. The molecule has 1 unspecified atom stereocenters. The average molecular weight is 379 g/mol. The zero-order chi connectivity index (χ0) is 20.1. The maximum absolute atomic E-state index is 13.6. The zero-order valence-corrected chi connectivity index (χ0v) is 17.1. The van der Waals surface area contributed by atoms with Crippen molar-refractivity contribution in [2.45, 2.75) is 40.2 Å². The molecule has 0 radical (unpaired) electrons. The van der Waals surface area contributed by atoms with Crippen LogP contribution < -0.4 is 4.90 Å². The standard InChI is InChI=1S/C24H30N2O2/c1-19-11-10-16-25(17-19)22(27)24(2,3)23(28)26(21-14-8-5-9-15-21)18-20-12-6-4-7-13-20/h4-9,12-15,19H,10-11,16-18H2,1-3H3. The summed E-state index contributed by atoms with van der Waals surface area (Å²) < 4.78 is 0. The van der Waals surface area contributed by atoms with Crippen LogP contribution in [0.4, 0.5) is 5.69 Å². The van der Waals surface area contributed by atoms with Crippen LogP contribution in [-0.2, 0) is 16.1 Å². The highest BCUT2D eigenvalue weighted by molar-refractivity contribution is 6.11. The van der Waals surface area contributed by atoms with Crippen LogP contribution in [0.5, 0.6) is 0 Å². The first kappa shape index (κ1) is 20.1. The summed E-state index contributed by atoms with van der Waals surface area (Å²) in [5.74, 6) is 0.252. The van der Waals surface area contributed by atoms with Gasteiger partial charge in [0, 0.05) is 18.8 Å². The third-order valence-corrected chi connectivity index (χ3v) is 5.51. The van der Waals surface area contributed by atoms with Gasteiger partial charge in [0.05, 0.1) is 6.54 Å². The molecule has 2 amide bonds. The Morgan fingerprint density at radius 1 is 1.04 bits per heavy atom. The lowest BCUT2D eigenvalue weighted by Gasteiger charge is -2.38. The molecule has 1 fully saturated rings. The fourth-order valence-corrected chi connectivity index (χ4v) is 3.85. The zero-order valence-electron chi connectivity index (χ0n) is 17.1. The van der Waals surface area contributed by atoms with E-state index in [2.05, 4.69) is 6.92 Å². The molecule has 0 aromatic heterocycles. The number of benzene rings is 2. The van der Waals surface area contributed by atoms with Gasteiger partial charge in [0.1, 0.15) is 5.41 Å². The first-order chi connectivity index (χ1) is 13.4. The summed E-state index contributed by atoms with van der Waals surface area (Å²) in [5.41, 5.74) is 0.737. The Labute approximate surface area is 168 Å². The van der Waals surface area contributed by atoms with Crippen LogP contribution in [0.3, 0.4) is 0 Å². The Morgan fingerprint density at radius 3 is 2.25 bits per heavy atom. The Kier molecular flexibility index (Phi) is 6.18. The highest BCUT2D eigenvalue weighted by atomic mass is 16.2. The van der Waals surface area contributed by atoms with Crippen LogP contribution >= 0.6 is 0 Å². The van der Waals surface area contributed by atoms with Crippen LogP contribution in [0.1, 0.15) is 39.2 Å². The molecule has 3 rings (SSSR count). The molecule has 148 valence electrons. The summed E-state index contributed by atoms with van der Waals surface area (Å²) in [5, 5.41) is 0. The highest BCUT2D eigenvalue weighted by Crippen LogP contribution is 2.29. The van der Waals surface area contributed by atoms with Crippen molar-refractivity contribution in [3.05, 3.63) is 66.2 Å². The predicted molar refractivity (Wildman–Crippen MR) is 113 cm³/mol. The van der Waals surface area contributed by atoms with Gasteiger partial charge in [0.2, 0.25) is 11.8 Å². The molecule has 1 aliphatic heterocycles. The van der Waals surface area contributed by atoms with E-state index in [1.165, 1.54) is 0 Å². The second kappa shape index (κ2) is 8.59. The van der Waals surface area contributed by atoms with Crippen LogP contribution in [-0.4, -0.2) is 29.8 Å². The van der Waals surface area contributed by atoms with E-state index >= 15 is 0 Å². The lowest BCUT2D eigenvalue weighted by molar-refractivity contribution is -0.148. The highest BCUT2D eigenvalue weighted by Gasteiger charge is 2.42. The van der Waals surface area contributed by atoms with E-state index in [0.29, 0.717) is 12.5 Å². The van der Waals surface area contributed by atoms with Gasteiger partial charge >= 0.3 is 0 Å². The third-order valence-electron chi connectivity index (χ3n) is 5.51. The number of carbonyl (C=O) groups excluding carboxylic acids is 2. The van der Waals surface area contributed by atoms with E-state index in [4.69, 9.17) is 0 Å². The number of carbonyl (C=O) groups is 2. The first-order valence-corrected chi connectivity index (χ1v) is 10.1. The van der Waals surface area contributed by atoms with E-state index in [-0.39, 0.29) is 11.8 Å². The maximum Gasteiger partial charge on any atom is 0.242 e. The minimum absolute atomic E-state index is 0.0713. The molecule has 1 heterocycles. The maximum atomic E-state index is 13.6. The minimum Gasteiger partial charge on any atom is -0.342 e. The Bertz CT molecular complexity index is 802. The fourth-order valence-electron chi connectivity index (χ4n) is 3.85. The van der Waals surface area contributed by atoms with Gasteiger partial charge in [-0.2, -0.15) is 0 Å². The normalized spacial score (nSPS) is 17.2. The Morgan fingerprint density at radius 2 is 1.64 bits per heavy atom. The molecule has 1 atom stereocenters. The molecule has 0 saturated carbocycles. The largest absolute Gasteiger partial charge is 0.342 e. The second-order valence-electron chi connectivity index (χ2n) is 8.34. The van der Waals surface area contributed by atoms with Gasteiger partial charge in [0.25, 0.3) is 0 Å². The van der Waals surface area contributed by atoms with Crippen molar-refractivity contribution in [3.63, 3.8) is 0 Å². The van der Waals surface area contributed by atoms with Gasteiger partial charge in [-0.15, -0.1) is 0 Å². The summed E-state index contributed by atoms with van der Waals surface area (Å²) in [6, 6.07) is 19.5. The number of hydrogen-bond donors (Lipinski definition) is 0. The molecule has 28 heavy (non-hydrogen) atoms. The monoisotopic (exact) mass is 378 g/mol. The second-order valence-corrected chi connectivity index (χ2v) is 8.34. The van der Waals surface area contributed by atoms with Crippen LogP contribution in [0.25, 0.3) is 0 Å². The van der Waals surface area contributed by atoms with E-state index in [1.807, 2.05) is 65.6 Å². The molecule has 1 aliphatic rings. The Hall–Kier alpha value is -2.62. The molecule has 2 aromatic carbocycles. The van der Waals surface area contributed by atoms with Gasteiger partial charge in [0.15, 0.2) is 0 Å². The minimum atomic E-state index is -1.11. The fraction of sp³-hybridized carbons (Fsp3) is 0.417. The van der Waals surface area contributed by atoms with Gasteiger partial charge < -0.3 is 9.80 Å². The number of amides is 2. The lowest BCUT2D eigenvalue weighted by Crippen LogP contribution is -2.53. The summed E-state index contributed by atoms with van der Waals surface area (Å²) in [7, 11) is 0. The smallest absolute Gasteiger partial charge is 0.242 e. The quantitative estimate of drug-likeness (QED) is 0.719. The number of anilines is 1. The van der Waals surface area contributed by atoms with Crippen molar-refractivity contribution in [2.75, 3.05) is 18.0 Å². The first-order valence-electron chi connectivity index (χ1n) is 10.1. The van der Waals surface area contributed by atoms with Crippen molar-refractivity contribution in [2.24, 2.45) is 11.3 Å². The number of hydrogen-bond acceptors (Lipinski definition) is 2. The van der Waals surface area contributed by atoms with E-state index in [9.17, 15) is 9.59 Å². The molecule has 0 spiro atoms. The van der Waals surface area contributed by atoms with E-state index < -0.39 is 5.41 Å². The topological polar surface area (TPSA) is 40.6 Å². The average Bonchev–Trinajstić information content (AvgIpc) is 2.72. The van der Waals surface area contributed by atoms with Crippen LogP contribution in [0.15, 0.2) is 60.7 Å². The lowest BCUT2D eigenvalue weighted by atomic mass is 9.87. The molecular formula is C24H30N2O2. The summed E-state index contributed by atoms with van der Waals surface area (Å²) in [6.45, 7) is 7.61. The van der Waals surface area contributed by atoms with Crippen molar-refractivity contribution < 1.29 is 9.59 Å². The molecule has 4 heteroatoms. The molecule has 4 nitrogen and oxygen atoms in total. The molecule has 1 saturated heterocycles. The van der Waals surface area contributed by atoms with Gasteiger partial charge in [-0.1, -0.05) is 55.5 Å². The van der Waals surface area contributed by atoms with Crippen molar-refractivity contribution >= 4 is 17.5 Å². The summed E-state index contributed by atoms with van der Waals surface area (Å²) in [6.07, 6.45) is 2.14. The van der Waals surface area contributed by atoms with Crippen LogP contribution in [0.2, 0.25) is 0 Å². The Balaban J connectivity index is 1.87. The molecule has 2 aromatic rings. The molecular weight excluding hydrogens is 348 g/mol. The molecule has 0 aliphatic carbocycles. The number of likely N-dealkylation sites (tertiary alicyclic amines) is 1. The number of piperidine rings is 1. The molecule has 0 bridgehead atoms. The molecule has 0 N–H and O–H groups in total. The van der Waals surface area contributed by atoms with Crippen molar-refractivity contribution in [1.29, 1.82) is 0 Å². The van der Waals surface area contributed by atoms with Gasteiger partial charge in [-0.3, -0.25) is 9.59 Å². The van der Waals surface area contributed by atoms with Crippen LogP contribution in [0, 0.1) is 11.3 Å².